The van der Waals surface area contributed by atoms with Crippen LogP contribution in [0.3, 0.4) is 0 Å². The van der Waals surface area contributed by atoms with Crippen LogP contribution in [-0.4, -0.2) is 64.6 Å². The van der Waals surface area contributed by atoms with Crippen LogP contribution in [0.15, 0.2) is 83.4 Å². The Labute approximate surface area is 231 Å². The van der Waals surface area contributed by atoms with Gasteiger partial charge < -0.3 is 0 Å². The highest BCUT2D eigenvalue weighted by Gasteiger charge is 2.56. The fourth-order valence-electron chi connectivity index (χ4n) is 5.62. The molecule has 2 atom stereocenters. The van der Waals surface area contributed by atoms with E-state index in [1.807, 2.05) is 13.0 Å². The molecule has 0 bridgehead atoms. The summed E-state index contributed by atoms with van der Waals surface area (Å²) in [4.78, 5) is 13.7. The highest BCUT2D eigenvalue weighted by molar-refractivity contribution is 7.90. The molecule has 1 aromatic heterocycles. The lowest BCUT2D eigenvalue weighted by atomic mass is 9.97. The fraction of sp³-hybridized carbons (Fsp3) is 0.259. The van der Waals surface area contributed by atoms with Gasteiger partial charge in [-0.25, -0.2) is 21.1 Å². The first-order valence-corrected chi connectivity index (χ1v) is 15.9. The lowest BCUT2D eigenvalue weighted by Gasteiger charge is -2.26. The topological polar surface area (TPSA) is 146 Å². The Balaban J connectivity index is 1.35. The molecule has 1 saturated heterocycles. The van der Waals surface area contributed by atoms with E-state index in [-0.39, 0.29) is 22.9 Å². The number of amides is 1. The molecule has 40 heavy (non-hydrogen) atoms. The van der Waals surface area contributed by atoms with Gasteiger partial charge in [0.1, 0.15) is 0 Å². The van der Waals surface area contributed by atoms with E-state index in [4.69, 9.17) is 0 Å². The highest BCUT2D eigenvalue weighted by atomic mass is 32.2. The summed E-state index contributed by atoms with van der Waals surface area (Å²) in [5.74, 6) is -1.42. The van der Waals surface area contributed by atoms with Crippen molar-refractivity contribution >= 4 is 36.7 Å². The second kappa shape index (κ2) is 9.91. The van der Waals surface area contributed by atoms with Gasteiger partial charge in [-0.05, 0) is 40.8 Å². The summed E-state index contributed by atoms with van der Waals surface area (Å²) in [5.41, 5.74) is 1.31. The average molecular weight is 579 g/mol. The number of carbonyl (C=O) groups is 1. The molecule has 1 amide bonds. The number of fused-ring (bicyclic) bond motifs is 2. The summed E-state index contributed by atoms with van der Waals surface area (Å²) < 4.78 is 57.7. The third kappa shape index (κ3) is 4.30. The third-order valence-corrected chi connectivity index (χ3v) is 10.9. The zero-order valence-electron chi connectivity index (χ0n) is 21.5. The van der Waals surface area contributed by atoms with E-state index in [9.17, 15) is 21.6 Å². The average Bonchev–Trinajstić information content (AvgIpc) is 3.67. The molecule has 2 aliphatic rings. The van der Waals surface area contributed by atoms with Gasteiger partial charge in [-0.1, -0.05) is 67.9 Å². The van der Waals surface area contributed by atoms with Gasteiger partial charge in [0.25, 0.3) is 10.0 Å². The van der Waals surface area contributed by atoms with E-state index in [1.54, 1.807) is 60.7 Å². The minimum Gasteiger partial charge on any atom is -0.273 e. The summed E-state index contributed by atoms with van der Waals surface area (Å²) >= 11 is 0. The number of benzene rings is 3. The standard InChI is InChI=1S/C27H26N6O5S2/c1-2-7-22-25-23(33(27(22)34)40(37,38)24-13-6-10-19-9-3-4-12-21(19)24)14-15-32(25)39(35,36)17-18-8-5-11-20(16-18)26-28-30-31-29-26/h3-6,8-14,16,22,25H,2,7,15,17H2,1H3,(H,28,29,30,31)/t22-,25-/m1/s1. The molecule has 0 saturated carbocycles. The maximum Gasteiger partial charge on any atom is 0.271 e. The van der Waals surface area contributed by atoms with Gasteiger partial charge in [0, 0.05) is 17.5 Å². The predicted molar refractivity (Wildman–Crippen MR) is 147 cm³/mol. The van der Waals surface area contributed by atoms with Crippen LogP contribution in [0.4, 0.5) is 0 Å². The molecule has 6 rings (SSSR count). The van der Waals surface area contributed by atoms with Crippen molar-refractivity contribution in [2.75, 3.05) is 6.54 Å². The number of aromatic amines is 1. The molecular weight excluding hydrogens is 552 g/mol. The van der Waals surface area contributed by atoms with Crippen LogP contribution in [0, 0.1) is 5.92 Å². The van der Waals surface area contributed by atoms with Crippen molar-refractivity contribution in [3.05, 3.63) is 84.1 Å². The molecule has 13 heteroatoms. The minimum atomic E-state index is -4.31. The van der Waals surface area contributed by atoms with Crippen LogP contribution in [0.1, 0.15) is 25.3 Å². The van der Waals surface area contributed by atoms with Crippen LogP contribution < -0.4 is 0 Å². The number of hydrogen-bond donors (Lipinski definition) is 1. The van der Waals surface area contributed by atoms with Crippen molar-refractivity contribution in [1.29, 1.82) is 0 Å². The van der Waals surface area contributed by atoms with Gasteiger partial charge in [0.05, 0.1) is 28.3 Å². The van der Waals surface area contributed by atoms with Crippen LogP contribution in [0.5, 0.6) is 0 Å². The molecule has 1 N–H and O–H groups in total. The molecule has 0 radical (unpaired) electrons. The van der Waals surface area contributed by atoms with Crippen molar-refractivity contribution in [2.24, 2.45) is 5.92 Å². The number of sulfonamides is 2. The lowest BCUT2D eigenvalue weighted by molar-refractivity contribution is -0.127. The second-order valence-electron chi connectivity index (χ2n) is 9.82. The van der Waals surface area contributed by atoms with Gasteiger partial charge in [0.2, 0.25) is 21.8 Å². The number of nitrogens with zero attached hydrogens (tertiary/aromatic N) is 5. The van der Waals surface area contributed by atoms with E-state index in [1.165, 1.54) is 10.4 Å². The smallest absolute Gasteiger partial charge is 0.271 e. The molecule has 0 spiro atoms. The number of tetrazole rings is 1. The third-order valence-electron chi connectivity index (χ3n) is 7.33. The van der Waals surface area contributed by atoms with E-state index in [0.29, 0.717) is 35.2 Å². The second-order valence-corrected chi connectivity index (χ2v) is 13.5. The van der Waals surface area contributed by atoms with Gasteiger partial charge in [-0.3, -0.25) is 4.79 Å². The number of nitrogens with one attached hydrogen (secondary N) is 1. The summed E-state index contributed by atoms with van der Waals surface area (Å²) in [5, 5.41) is 15.0. The first-order chi connectivity index (χ1) is 19.2. The van der Waals surface area contributed by atoms with E-state index >= 15 is 0 Å². The number of aromatic nitrogens is 4. The zero-order valence-corrected chi connectivity index (χ0v) is 23.1. The van der Waals surface area contributed by atoms with Crippen molar-refractivity contribution < 1.29 is 21.6 Å². The van der Waals surface area contributed by atoms with Crippen molar-refractivity contribution in [1.82, 2.24) is 29.2 Å². The molecule has 206 valence electrons. The van der Waals surface area contributed by atoms with Crippen LogP contribution in [0.2, 0.25) is 0 Å². The van der Waals surface area contributed by atoms with Crippen molar-refractivity contribution in [3.63, 3.8) is 0 Å². The van der Waals surface area contributed by atoms with Crippen molar-refractivity contribution in [2.45, 2.75) is 36.5 Å². The Morgan fingerprint density at radius 3 is 2.55 bits per heavy atom. The Morgan fingerprint density at radius 1 is 1.00 bits per heavy atom. The molecular formula is C27H26N6O5S2. The molecule has 2 aliphatic heterocycles. The maximum absolute atomic E-state index is 14.0. The molecule has 0 unspecified atom stereocenters. The monoisotopic (exact) mass is 578 g/mol. The summed E-state index contributed by atoms with van der Waals surface area (Å²) in [7, 11) is -8.26. The van der Waals surface area contributed by atoms with Crippen LogP contribution >= 0.6 is 0 Å². The van der Waals surface area contributed by atoms with Gasteiger partial charge >= 0.3 is 0 Å². The van der Waals surface area contributed by atoms with Gasteiger partial charge in [-0.15, -0.1) is 10.2 Å². The van der Waals surface area contributed by atoms with Crippen LogP contribution in [0.25, 0.3) is 22.2 Å². The van der Waals surface area contributed by atoms with E-state index in [2.05, 4.69) is 20.6 Å². The number of hydrogen-bond acceptors (Lipinski definition) is 8. The Kier molecular flexibility index (Phi) is 6.51. The molecule has 3 aromatic carbocycles. The van der Waals surface area contributed by atoms with Gasteiger partial charge in [0.15, 0.2) is 0 Å². The molecule has 1 fully saturated rings. The Hall–Kier alpha value is -3.94. The Morgan fingerprint density at radius 2 is 1.77 bits per heavy atom. The largest absolute Gasteiger partial charge is 0.273 e. The summed E-state index contributed by atoms with van der Waals surface area (Å²) in [6, 6.07) is 17.9. The molecule has 4 aromatic rings. The molecule has 0 aliphatic carbocycles. The van der Waals surface area contributed by atoms with Crippen LogP contribution in [-0.2, 0) is 30.6 Å². The SMILES string of the molecule is CCC[C@H]1C(=O)N(S(=O)(=O)c2cccc3ccccc23)C2=CCN(S(=O)(=O)Cc3cccc(-c4nn[nH]n4)c3)[C@@H]21. The van der Waals surface area contributed by atoms with E-state index < -0.39 is 37.9 Å². The number of carbonyl (C=O) groups excluding carboxylic acids is 1. The Bertz CT molecular complexity index is 1850. The molecule has 11 nitrogen and oxygen atoms in total. The number of rotatable bonds is 8. The fourth-order valence-corrected chi connectivity index (χ4v) is 9.03. The summed E-state index contributed by atoms with van der Waals surface area (Å²) in [6.45, 7) is 1.86. The first kappa shape index (κ1) is 26.3. The van der Waals surface area contributed by atoms with Gasteiger partial charge in [-0.2, -0.15) is 9.52 Å². The maximum atomic E-state index is 14.0. The quantitative estimate of drug-likeness (QED) is 0.336. The lowest BCUT2D eigenvalue weighted by Crippen LogP contribution is -2.41. The van der Waals surface area contributed by atoms with E-state index in [0.717, 1.165) is 9.69 Å². The zero-order chi connectivity index (χ0) is 28.1. The van der Waals surface area contributed by atoms with Crippen molar-refractivity contribution in [3.8, 4) is 11.4 Å². The first-order valence-electron chi connectivity index (χ1n) is 12.8. The normalized spacial score (nSPS) is 19.8. The highest BCUT2D eigenvalue weighted by Crippen LogP contribution is 2.44. The summed E-state index contributed by atoms with van der Waals surface area (Å²) in [6.07, 6.45) is 2.49. The minimum absolute atomic E-state index is 0.00957. The molecule has 3 heterocycles. The predicted octanol–water partition coefficient (Wildman–Crippen LogP) is 3.07. The number of H-pyrrole nitrogens is 1.